The number of hydrogen-bond acceptors (Lipinski definition) is 5. The number of nitrogens with zero attached hydrogens (tertiary/aromatic N) is 2. The molecule has 1 aliphatic rings. The fourth-order valence-electron chi connectivity index (χ4n) is 2.49. The van der Waals surface area contributed by atoms with E-state index in [9.17, 15) is 15.2 Å². The first kappa shape index (κ1) is 13.8. The second-order valence-corrected chi connectivity index (χ2v) is 4.83. The molecule has 6 heteroatoms. The van der Waals surface area contributed by atoms with Crippen molar-refractivity contribution in [3.8, 4) is 0 Å². The van der Waals surface area contributed by atoms with E-state index in [1.54, 1.807) is 13.0 Å². The highest BCUT2D eigenvalue weighted by molar-refractivity contribution is 5.61. The van der Waals surface area contributed by atoms with Crippen LogP contribution in [0.2, 0.25) is 0 Å². The number of benzene rings is 1. The molecule has 1 saturated heterocycles. The molecule has 1 aromatic rings. The Balaban J connectivity index is 2.31. The Bertz CT molecular complexity index is 478. The lowest BCUT2D eigenvalue weighted by Crippen LogP contribution is -2.48. The predicted octanol–water partition coefficient (Wildman–Crippen LogP) is 1.49. The molecule has 1 aromatic carbocycles. The Morgan fingerprint density at radius 2 is 2.26 bits per heavy atom. The number of nitro benzene ring substituents is 1. The minimum atomic E-state index is -0.369. The van der Waals surface area contributed by atoms with E-state index in [0.717, 1.165) is 5.69 Å². The summed E-state index contributed by atoms with van der Waals surface area (Å²) in [7, 11) is 0. The molecule has 2 unspecified atom stereocenters. The molecule has 0 aliphatic carbocycles. The van der Waals surface area contributed by atoms with Crippen molar-refractivity contribution < 1.29 is 14.8 Å². The highest BCUT2D eigenvalue weighted by atomic mass is 16.6. The summed E-state index contributed by atoms with van der Waals surface area (Å²) in [4.78, 5) is 12.6. The summed E-state index contributed by atoms with van der Waals surface area (Å²) < 4.78 is 5.58. The van der Waals surface area contributed by atoms with Crippen LogP contribution in [-0.4, -0.2) is 41.9 Å². The third kappa shape index (κ3) is 2.85. The van der Waals surface area contributed by atoms with Crippen molar-refractivity contribution in [2.24, 2.45) is 0 Å². The molecule has 0 aromatic heterocycles. The molecule has 1 heterocycles. The second kappa shape index (κ2) is 5.54. The van der Waals surface area contributed by atoms with Gasteiger partial charge < -0.3 is 14.7 Å². The van der Waals surface area contributed by atoms with E-state index in [2.05, 4.69) is 0 Å². The molecular weight excluding hydrogens is 248 g/mol. The van der Waals surface area contributed by atoms with Gasteiger partial charge in [-0.05, 0) is 19.9 Å². The lowest BCUT2D eigenvalue weighted by atomic mass is 10.1. The lowest BCUT2D eigenvalue weighted by molar-refractivity contribution is -0.385. The zero-order chi connectivity index (χ0) is 14.0. The maximum Gasteiger partial charge on any atom is 0.274 e. The minimum absolute atomic E-state index is 0.00966. The third-order valence-electron chi connectivity index (χ3n) is 3.34. The molecule has 1 N–H and O–H groups in total. The van der Waals surface area contributed by atoms with Gasteiger partial charge in [-0.25, -0.2) is 0 Å². The number of morpholine rings is 1. The van der Waals surface area contributed by atoms with Crippen LogP contribution in [0.25, 0.3) is 0 Å². The van der Waals surface area contributed by atoms with E-state index >= 15 is 0 Å². The molecule has 0 spiro atoms. The number of aliphatic hydroxyl groups is 1. The van der Waals surface area contributed by atoms with Gasteiger partial charge in [0, 0.05) is 24.8 Å². The monoisotopic (exact) mass is 266 g/mol. The number of ether oxygens (including phenoxy) is 1. The van der Waals surface area contributed by atoms with Gasteiger partial charge in [0.15, 0.2) is 0 Å². The number of hydrogen-bond donors (Lipinski definition) is 1. The fourth-order valence-corrected chi connectivity index (χ4v) is 2.49. The summed E-state index contributed by atoms with van der Waals surface area (Å²) in [6, 6.07) is 5.07. The van der Waals surface area contributed by atoms with Crippen molar-refractivity contribution >= 4 is 11.4 Å². The zero-order valence-electron chi connectivity index (χ0n) is 11.1. The third-order valence-corrected chi connectivity index (χ3v) is 3.34. The highest BCUT2D eigenvalue weighted by Gasteiger charge is 2.27. The second-order valence-electron chi connectivity index (χ2n) is 4.83. The Morgan fingerprint density at radius 3 is 2.89 bits per heavy atom. The van der Waals surface area contributed by atoms with Crippen molar-refractivity contribution in [1.29, 1.82) is 0 Å². The Morgan fingerprint density at radius 1 is 1.53 bits per heavy atom. The average molecular weight is 266 g/mol. The van der Waals surface area contributed by atoms with Crippen molar-refractivity contribution in [3.63, 3.8) is 0 Å². The van der Waals surface area contributed by atoms with Crippen LogP contribution in [0.1, 0.15) is 12.5 Å². The van der Waals surface area contributed by atoms with Gasteiger partial charge in [0.25, 0.3) is 5.69 Å². The van der Waals surface area contributed by atoms with Crippen LogP contribution in [0.5, 0.6) is 0 Å². The molecule has 104 valence electrons. The summed E-state index contributed by atoms with van der Waals surface area (Å²) in [6.45, 7) is 4.85. The first-order valence-corrected chi connectivity index (χ1v) is 6.28. The largest absolute Gasteiger partial charge is 0.394 e. The van der Waals surface area contributed by atoms with E-state index in [1.807, 2.05) is 17.9 Å². The van der Waals surface area contributed by atoms with Crippen molar-refractivity contribution in [3.05, 3.63) is 33.9 Å². The summed E-state index contributed by atoms with van der Waals surface area (Å²) in [5.74, 6) is 0. The fraction of sp³-hybridized carbons (Fsp3) is 0.538. The molecule has 2 atom stereocenters. The van der Waals surface area contributed by atoms with Crippen molar-refractivity contribution in [1.82, 2.24) is 0 Å². The normalized spacial score (nSPS) is 23.4. The highest BCUT2D eigenvalue weighted by Crippen LogP contribution is 2.30. The van der Waals surface area contributed by atoms with Gasteiger partial charge in [-0.1, -0.05) is 6.07 Å². The van der Waals surface area contributed by atoms with Crippen LogP contribution in [-0.2, 0) is 4.74 Å². The van der Waals surface area contributed by atoms with Crippen molar-refractivity contribution in [2.75, 3.05) is 24.6 Å². The van der Waals surface area contributed by atoms with Gasteiger partial charge in [0.05, 0.1) is 29.3 Å². The molecule has 2 rings (SSSR count). The van der Waals surface area contributed by atoms with Gasteiger partial charge in [0.1, 0.15) is 0 Å². The standard InChI is InChI=1S/C13H18N2O4/c1-9-6-14(7-11(8-16)19-9)12-4-3-5-13(10(12)2)15(17)18/h3-5,9,11,16H,6-8H2,1-2H3. The van der Waals surface area contributed by atoms with Gasteiger partial charge >= 0.3 is 0 Å². The molecule has 0 amide bonds. The number of aliphatic hydroxyl groups excluding tert-OH is 1. The maximum absolute atomic E-state index is 11.0. The van der Waals surface area contributed by atoms with Crippen LogP contribution in [0.15, 0.2) is 18.2 Å². The van der Waals surface area contributed by atoms with Crippen molar-refractivity contribution in [2.45, 2.75) is 26.1 Å². The molecular formula is C13H18N2O4. The summed E-state index contributed by atoms with van der Waals surface area (Å²) in [5, 5.41) is 20.2. The van der Waals surface area contributed by atoms with Crippen LogP contribution < -0.4 is 4.90 Å². The molecule has 1 aliphatic heterocycles. The first-order chi connectivity index (χ1) is 9.02. The Hall–Kier alpha value is -1.66. The minimum Gasteiger partial charge on any atom is -0.394 e. The molecule has 0 radical (unpaired) electrons. The van der Waals surface area contributed by atoms with Crippen LogP contribution in [0, 0.1) is 17.0 Å². The van der Waals surface area contributed by atoms with Crippen LogP contribution in [0.3, 0.4) is 0 Å². The smallest absolute Gasteiger partial charge is 0.274 e. The predicted molar refractivity (Wildman–Crippen MR) is 71.5 cm³/mol. The SMILES string of the molecule is Cc1c(N2CC(C)OC(CO)C2)cccc1[N+](=O)[O-]. The zero-order valence-corrected chi connectivity index (χ0v) is 11.1. The summed E-state index contributed by atoms with van der Waals surface area (Å²) in [5.41, 5.74) is 1.61. The van der Waals surface area contributed by atoms with Crippen LogP contribution in [0.4, 0.5) is 11.4 Å². The van der Waals surface area contributed by atoms with Gasteiger partial charge in [-0.15, -0.1) is 0 Å². The number of nitro groups is 1. The molecule has 19 heavy (non-hydrogen) atoms. The maximum atomic E-state index is 11.0. The Kier molecular flexibility index (Phi) is 4.01. The molecule has 6 nitrogen and oxygen atoms in total. The lowest BCUT2D eigenvalue weighted by Gasteiger charge is -2.38. The topological polar surface area (TPSA) is 75.8 Å². The summed E-state index contributed by atoms with van der Waals surface area (Å²) >= 11 is 0. The average Bonchev–Trinajstić information content (AvgIpc) is 2.37. The molecule has 0 saturated carbocycles. The Labute approximate surface area is 111 Å². The van der Waals surface area contributed by atoms with E-state index < -0.39 is 0 Å². The van der Waals surface area contributed by atoms with Gasteiger partial charge in [-0.2, -0.15) is 0 Å². The van der Waals surface area contributed by atoms with E-state index in [0.29, 0.717) is 18.7 Å². The molecule has 1 fully saturated rings. The van der Waals surface area contributed by atoms with Gasteiger partial charge in [0.2, 0.25) is 0 Å². The quantitative estimate of drug-likeness (QED) is 0.662. The van der Waals surface area contributed by atoms with E-state index in [1.165, 1.54) is 6.07 Å². The summed E-state index contributed by atoms with van der Waals surface area (Å²) in [6.07, 6.45) is -0.257. The van der Waals surface area contributed by atoms with E-state index in [4.69, 9.17) is 4.74 Å². The van der Waals surface area contributed by atoms with Gasteiger partial charge in [-0.3, -0.25) is 10.1 Å². The number of rotatable bonds is 3. The molecule has 0 bridgehead atoms. The van der Waals surface area contributed by atoms with Crippen LogP contribution >= 0.6 is 0 Å². The van der Waals surface area contributed by atoms with E-state index in [-0.39, 0.29) is 29.4 Å². The number of anilines is 1. The first-order valence-electron chi connectivity index (χ1n) is 6.28.